The number of ether oxygens (including phenoxy) is 1. The molecule has 0 spiro atoms. The van der Waals surface area contributed by atoms with E-state index >= 15 is 0 Å². The fraction of sp³-hybridized carbons (Fsp3) is 0.240. The van der Waals surface area contributed by atoms with Gasteiger partial charge in [-0.3, -0.25) is 0 Å². The summed E-state index contributed by atoms with van der Waals surface area (Å²) in [6.45, 7) is 5.45. The van der Waals surface area contributed by atoms with E-state index < -0.39 is 13.2 Å². The van der Waals surface area contributed by atoms with Gasteiger partial charge in [0.05, 0.1) is 0 Å². The number of carbonyl (C=O) groups excluding carboxylic acids is 1. The number of carbonyl (C=O) groups is 1. The van der Waals surface area contributed by atoms with E-state index in [1.807, 2.05) is 24.3 Å². The van der Waals surface area contributed by atoms with Gasteiger partial charge < -0.3 is 20.1 Å². The number of amides is 1. The average molecular weight is 456 g/mol. The van der Waals surface area contributed by atoms with Gasteiger partial charge in [0.15, 0.2) is 0 Å². The van der Waals surface area contributed by atoms with Gasteiger partial charge in [-0.15, -0.1) is 0 Å². The van der Waals surface area contributed by atoms with Crippen molar-refractivity contribution in [1.29, 1.82) is 0 Å². The zero-order chi connectivity index (χ0) is 24.4. The number of hydrogen-bond donors (Lipinski definition) is 3. The monoisotopic (exact) mass is 456 g/mol. The maximum absolute atomic E-state index is 12.6. The second-order valence-corrected chi connectivity index (χ2v) is 8.36. The van der Waals surface area contributed by atoms with Gasteiger partial charge in [-0.05, 0) is 76.3 Å². The SMILES string of the molecule is Cc1c(CNC(=O)OCC2c3ccccc3-c3ccccc32)c(C)c(B(O)O)c(C)c1N=[N+]=[N-]. The van der Waals surface area contributed by atoms with Crippen molar-refractivity contribution in [1.82, 2.24) is 5.32 Å². The maximum atomic E-state index is 12.6. The summed E-state index contributed by atoms with van der Waals surface area (Å²) in [6.07, 6.45) is -0.585. The van der Waals surface area contributed by atoms with Gasteiger partial charge in [0.25, 0.3) is 0 Å². The number of rotatable bonds is 6. The number of azide groups is 1. The van der Waals surface area contributed by atoms with E-state index in [2.05, 4.69) is 39.6 Å². The fourth-order valence-corrected chi connectivity index (χ4v) is 4.93. The first kappa shape index (κ1) is 23.4. The van der Waals surface area contributed by atoms with Crippen LogP contribution in [0.15, 0.2) is 53.6 Å². The maximum Gasteiger partial charge on any atom is 0.488 e. The molecule has 3 aromatic carbocycles. The van der Waals surface area contributed by atoms with Crippen molar-refractivity contribution in [2.75, 3.05) is 6.61 Å². The lowest BCUT2D eigenvalue weighted by atomic mass is 9.71. The zero-order valence-corrected chi connectivity index (χ0v) is 19.2. The van der Waals surface area contributed by atoms with Crippen LogP contribution < -0.4 is 10.8 Å². The molecule has 0 saturated carbocycles. The highest BCUT2D eigenvalue weighted by molar-refractivity contribution is 6.60. The topological polar surface area (TPSA) is 128 Å². The van der Waals surface area contributed by atoms with Crippen LogP contribution in [-0.2, 0) is 11.3 Å². The van der Waals surface area contributed by atoms with Crippen molar-refractivity contribution in [2.24, 2.45) is 5.11 Å². The fourth-order valence-electron chi connectivity index (χ4n) is 4.93. The Balaban J connectivity index is 1.51. The molecule has 1 aliphatic carbocycles. The van der Waals surface area contributed by atoms with Crippen molar-refractivity contribution in [3.63, 3.8) is 0 Å². The summed E-state index contributed by atoms with van der Waals surface area (Å²) in [5, 5.41) is 26.2. The highest BCUT2D eigenvalue weighted by Crippen LogP contribution is 2.44. The number of hydrogen-bond acceptors (Lipinski definition) is 5. The van der Waals surface area contributed by atoms with E-state index in [0.717, 1.165) is 22.3 Å². The standard InChI is InChI=1S/C25H25BN4O4/c1-14-21(15(2)24(29-30-27)16(3)23(14)26(32)33)12-28-25(31)34-13-22-19-10-6-4-8-17(19)18-9-5-7-11-20(18)22/h4-11,22,32-33H,12-13H2,1-3H3,(H,28,31). The van der Waals surface area contributed by atoms with Crippen molar-refractivity contribution in [2.45, 2.75) is 33.2 Å². The second kappa shape index (κ2) is 9.61. The zero-order valence-electron chi connectivity index (χ0n) is 19.2. The quantitative estimate of drug-likeness (QED) is 0.222. The molecule has 0 radical (unpaired) electrons. The van der Waals surface area contributed by atoms with Gasteiger partial charge in [-0.2, -0.15) is 0 Å². The number of alkyl carbamates (subject to hydrolysis) is 1. The molecule has 4 rings (SSSR count). The average Bonchev–Trinajstić information content (AvgIpc) is 3.14. The third-order valence-corrected chi connectivity index (χ3v) is 6.58. The molecule has 0 unspecified atom stereocenters. The molecule has 0 aliphatic heterocycles. The lowest BCUT2D eigenvalue weighted by Crippen LogP contribution is -2.36. The summed E-state index contributed by atoms with van der Waals surface area (Å²) in [5.74, 6) is -0.0475. The predicted molar refractivity (Wildman–Crippen MR) is 131 cm³/mol. The highest BCUT2D eigenvalue weighted by atomic mass is 16.5. The summed E-state index contributed by atoms with van der Waals surface area (Å²) >= 11 is 0. The first-order valence-corrected chi connectivity index (χ1v) is 11.0. The minimum atomic E-state index is -1.73. The molecule has 3 N–H and O–H groups in total. The Hall–Kier alpha value is -3.78. The largest absolute Gasteiger partial charge is 0.488 e. The van der Waals surface area contributed by atoms with Crippen molar-refractivity contribution in [3.05, 3.63) is 92.4 Å². The van der Waals surface area contributed by atoms with Crippen molar-refractivity contribution >= 4 is 24.4 Å². The molecule has 34 heavy (non-hydrogen) atoms. The van der Waals surface area contributed by atoms with Gasteiger partial charge in [0.1, 0.15) is 6.61 Å². The van der Waals surface area contributed by atoms with Gasteiger partial charge in [-0.25, -0.2) is 4.79 Å². The summed E-state index contributed by atoms with van der Waals surface area (Å²) < 4.78 is 5.59. The molecule has 0 aromatic heterocycles. The van der Waals surface area contributed by atoms with Crippen molar-refractivity contribution < 1.29 is 19.6 Å². The minimum absolute atomic E-state index is 0.0475. The van der Waals surface area contributed by atoms with Crippen LogP contribution in [0.25, 0.3) is 21.6 Å². The molecule has 0 fully saturated rings. The summed E-state index contributed by atoms with van der Waals surface area (Å²) in [4.78, 5) is 15.5. The smallest absolute Gasteiger partial charge is 0.449 e. The third-order valence-electron chi connectivity index (χ3n) is 6.58. The van der Waals surface area contributed by atoms with E-state index in [9.17, 15) is 14.8 Å². The Labute approximate surface area is 198 Å². The molecule has 0 saturated heterocycles. The van der Waals surface area contributed by atoms with Crippen LogP contribution in [0.2, 0.25) is 0 Å². The Morgan fingerprint density at radius 3 is 2.18 bits per heavy atom. The Morgan fingerprint density at radius 1 is 1.03 bits per heavy atom. The van der Waals surface area contributed by atoms with Gasteiger partial charge >= 0.3 is 13.2 Å². The molecule has 172 valence electrons. The molecule has 0 bridgehead atoms. The first-order chi connectivity index (χ1) is 16.3. The molecule has 0 heterocycles. The van der Waals surface area contributed by atoms with Gasteiger partial charge in [0, 0.05) is 23.1 Å². The van der Waals surface area contributed by atoms with Crippen molar-refractivity contribution in [3.8, 4) is 11.1 Å². The summed E-state index contributed by atoms with van der Waals surface area (Å²) in [5.41, 5.74) is 16.5. The van der Waals surface area contributed by atoms with Gasteiger partial charge in [-0.1, -0.05) is 53.6 Å². The Kier molecular flexibility index (Phi) is 6.61. The number of nitrogens with one attached hydrogen (secondary N) is 1. The molecule has 9 heteroatoms. The normalized spacial score (nSPS) is 11.9. The van der Waals surface area contributed by atoms with E-state index in [1.54, 1.807) is 20.8 Å². The Bertz CT molecular complexity index is 1270. The molecular formula is C25H25BN4O4. The van der Waals surface area contributed by atoms with E-state index in [0.29, 0.717) is 27.9 Å². The van der Waals surface area contributed by atoms with Crippen LogP contribution >= 0.6 is 0 Å². The number of benzene rings is 3. The minimum Gasteiger partial charge on any atom is -0.449 e. The number of nitrogens with zero attached hydrogens (tertiary/aromatic N) is 3. The molecule has 0 atom stereocenters. The number of fused-ring (bicyclic) bond motifs is 3. The van der Waals surface area contributed by atoms with Crippen LogP contribution in [0.1, 0.15) is 39.3 Å². The van der Waals surface area contributed by atoms with Crippen LogP contribution in [0.5, 0.6) is 0 Å². The van der Waals surface area contributed by atoms with Gasteiger partial charge in [0.2, 0.25) is 0 Å². The lowest BCUT2D eigenvalue weighted by Gasteiger charge is -2.20. The summed E-state index contributed by atoms with van der Waals surface area (Å²) in [7, 11) is -1.73. The molecule has 3 aromatic rings. The van der Waals surface area contributed by atoms with E-state index in [1.165, 1.54) is 0 Å². The molecule has 1 aliphatic rings. The lowest BCUT2D eigenvalue weighted by molar-refractivity contribution is 0.142. The molecule has 8 nitrogen and oxygen atoms in total. The molecular weight excluding hydrogens is 431 g/mol. The highest BCUT2D eigenvalue weighted by Gasteiger charge is 2.29. The van der Waals surface area contributed by atoms with Crippen LogP contribution in [0.4, 0.5) is 10.5 Å². The van der Waals surface area contributed by atoms with E-state index in [-0.39, 0.29) is 24.5 Å². The third kappa shape index (κ3) is 4.12. The first-order valence-electron chi connectivity index (χ1n) is 11.0. The predicted octanol–water partition coefficient (Wildman–Crippen LogP) is 4.27. The Morgan fingerprint density at radius 2 is 1.62 bits per heavy atom. The van der Waals surface area contributed by atoms with Crippen LogP contribution in [0, 0.1) is 20.8 Å². The van der Waals surface area contributed by atoms with Crippen LogP contribution in [0.3, 0.4) is 0 Å². The molecule has 1 amide bonds. The second-order valence-electron chi connectivity index (χ2n) is 8.36. The van der Waals surface area contributed by atoms with Crippen LogP contribution in [-0.4, -0.2) is 29.9 Å². The van der Waals surface area contributed by atoms with E-state index in [4.69, 9.17) is 10.3 Å². The summed E-state index contributed by atoms with van der Waals surface area (Å²) in [6, 6.07) is 16.2.